The van der Waals surface area contributed by atoms with Crippen molar-refractivity contribution >= 4 is 11.8 Å². The van der Waals surface area contributed by atoms with Gasteiger partial charge in [0.15, 0.2) is 0 Å². The van der Waals surface area contributed by atoms with Crippen LogP contribution in [-0.4, -0.2) is 36.0 Å². The Morgan fingerprint density at radius 3 is 2.79 bits per heavy atom. The highest BCUT2D eigenvalue weighted by molar-refractivity contribution is 7.99. The molecule has 1 aliphatic heterocycles. The van der Waals surface area contributed by atoms with Crippen molar-refractivity contribution in [3.05, 3.63) is 34.6 Å². The number of hydrogen-bond donors (Lipinski definition) is 2. The van der Waals surface area contributed by atoms with Crippen molar-refractivity contribution in [1.82, 2.24) is 10.3 Å². The van der Waals surface area contributed by atoms with Gasteiger partial charge < -0.3 is 0 Å². The lowest BCUT2D eigenvalue weighted by atomic mass is 9.93. The van der Waals surface area contributed by atoms with Crippen LogP contribution >= 0.6 is 11.8 Å². The predicted octanol–water partition coefficient (Wildman–Crippen LogP) is 1.99. The van der Waals surface area contributed by atoms with Gasteiger partial charge in [-0.1, -0.05) is 6.07 Å². The molecule has 0 saturated carbocycles. The molecule has 0 aliphatic carbocycles. The second-order valence-corrected chi connectivity index (χ2v) is 6.39. The van der Waals surface area contributed by atoms with E-state index in [2.05, 4.69) is 17.4 Å². The molecule has 1 heterocycles. The SMILES string of the molecule is Cc1cc(C)c(C(NN)C2CSCCN2C)c(F)c1. The number of benzene rings is 1. The van der Waals surface area contributed by atoms with E-state index in [4.69, 9.17) is 5.84 Å². The number of rotatable bonds is 3. The second-order valence-electron chi connectivity index (χ2n) is 5.24. The van der Waals surface area contributed by atoms with Crippen LogP contribution in [0.2, 0.25) is 0 Å². The van der Waals surface area contributed by atoms with Gasteiger partial charge in [-0.05, 0) is 38.1 Å². The summed E-state index contributed by atoms with van der Waals surface area (Å²) in [7, 11) is 2.08. The normalized spacial score (nSPS) is 22.5. The molecule has 2 rings (SSSR count). The summed E-state index contributed by atoms with van der Waals surface area (Å²) in [6.45, 7) is 4.87. The van der Waals surface area contributed by atoms with Crippen molar-refractivity contribution in [2.75, 3.05) is 25.1 Å². The third-order valence-corrected chi connectivity index (χ3v) is 4.85. The zero-order valence-corrected chi connectivity index (χ0v) is 12.6. The number of hydrogen-bond acceptors (Lipinski definition) is 4. The molecule has 1 fully saturated rings. The van der Waals surface area contributed by atoms with E-state index < -0.39 is 0 Å². The van der Waals surface area contributed by atoms with E-state index >= 15 is 0 Å². The summed E-state index contributed by atoms with van der Waals surface area (Å²) in [6, 6.07) is 3.65. The van der Waals surface area contributed by atoms with Crippen LogP contribution in [-0.2, 0) is 0 Å². The molecule has 0 bridgehead atoms. The molecule has 2 unspecified atom stereocenters. The monoisotopic (exact) mass is 283 g/mol. The highest BCUT2D eigenvalue weighted by atomic mass is 32.2. The van der Waals surface area contributed by atoms with Crippen molar-refractivity contribution in [2.24, 2.45) is 5.84 Å². The minimum atomic E-state index is -0.168. The van der Waals surface area contributed by atoms with E-state index in [1.165, 1.54) is 0 Å². The van der Waals surface area contributed by atoms with E-state index in [0.717, 1.165) is 29.2 Å². The van der Waals surface area contributed by atoms with Gasteiger partial charge in [-0.15, -0.1) is 0 Å². The smallest absolute Gasteiger partial charge is 0.128 e. The lowest BCUT2D eigenvalue weighted by Gasteiger charge is -2.38. The predicted molar refractivity (Wildman–Crippen MR) is 79.7 cm³/mol. The van der Waals surface area contributed by atoms with Gasteiger partial charge in [0.25, 0.3) is 0 Å². The molecule has 0 spiro atoms. The van der Waals surface area contributed by atoms with Crippen LogP contribution < -0.4 is 11.3 Å². The summed E-state index contributed by atoms with van der Waals surface area (Å²) in [5.41, 5.74) is 5.43. The summed E-state index contributed by atoms with van der Waals surface area (Å²) in [5, 5.41) is 0. The molecule has 1 aliphatic rings. The summed E-state index contributed by atoms with van der Waals surface area (Å²) in [6.07, 6.45) is 0. The van der Waals surface area contributed by atoms with Gasteiger partial charge in [0.05, 0.1) is 6.04 Å². The van der Waals surface area contributed by atoms with Gasteiger partial charge in [-0.25, -0.2) is 4.39 Å². The fourth-order valence-electron chi connectivity index (χ4n) is 2.76. The van der Waals surface area contributed by atoms with Gasteiger partial charge in [-0.2, -0.15) is 11.8 Å². The van der Waals surface area contributed by atoms with Crippen molar-refractivity contribution in [3.63, 3.8) is 0 Å². The van der Waals surface area contributed by atoms with E-state index in [1.54, 1.807) is 6.07 Å². The molecule has 19 heavy (non-hydrogen) atoms. The van der Waals surface area contributed by atoms with Crippen molar-refractivity contribution in [3.8, 4) is 0 Å². The first-order chi connectivity index (χ1) is 9.04. The fraction of sp³-hybridized carbons (Fsp3) is 0.571. The minimum Gasteiger partial charge on any atom is -0.300 e. The van der Waals surface area contributed by atoms with Crippen LogP contribution in [0.4, 0.5) is 4.39 Å². The Hall–Kier alpha value is -0.620. The van der Waals surface area contributed by atoms with Gasteiger partial charge in [0.2, 0.25) is 0 Å². The molecule has 0 aromatic heterocycles. The first-order valence-electron chi connectivity index (χ1n) is 6.55. The Kier molecular flexibility index (Phi) is 4.84. The number of aryl methyl sites for hydroxylation is 2. The molecule has 5 heteroatoms. The maximum absolute atomic E-state index is 14.3. The molecule has 0 amide bonds. The van der Waals surface area contributed by atoms with Crippen molar-refractivity contribution < 1.29 is 4.39 Å². The highest BCUT2D eigenvalue weighted by Gasteiger charge is 2.31. The first kappa shape index (κ1) is 14.8. The number of nitrogens with one attached hydrogen (secondary N) is 1. The largest absolute Gasteiger partial charge is 0.300 e. The Balaban J connectivity index is 2.36. The zero-order valence-electron chi connectivity index (χ0n) is 11.7. The van der Waals surface area contributed by atoms with Crippen molar-refractivity contribution in [2.45, 2.75) is 25.9 Å². The second kappa shape index (κ2) is 6.22. The van der Waals surface area contributed by atoms with Gasteiger partial charge in [-0.3, -0.25) is 16.2 Å². The van der Waals surface area contributed by atoms with Crippen LogP contribution in [0.1, 0.15) is 22.7 Å². The Labute approximate surface area is 118 Å². The van der Waals surface area contributed by atoms with E-state index in [0.29, 0.717) is 5.56 Å². The molecular weight excluding hydrogens is 261 g/mol. The summed E-state index contributed by atoms with van der Waals surface area (Å²) in [4.78, 5) is 2.26. The average molecular weight is 283 g/mol. The highest BCUT2D eigenvalue weighted by Crippen LogP contribution is 2.30. The number of halogens is 1. The lowest BCUT2D eigenvalue weighted by molar-refractivity contribution is 0.213. The summed E-state index contributed by atoms with van der Waals surface area (Å²) < 4.78 is 14.3. The van der Waals surface area contributed by atoms with Crippen LogP contribution in [0.5, 0.6) is 0 Å². The summed E-state index contributed by atoms with van der Waals surface area (Å²) in [5.74, 6) is 7.65. The molecule has 1 aromatic rings. The summed E-state index contributed by atoms with van der Waals surface area (Å²) >= 11 is 1.90. The molecular formula is C14H22FN3S. The first-order valence-corrected chi connectivity index (χ1v) is 7.70. The third kappa shape index (κ3) is 3.11. The minimum absolute atomic E-state index is 0.163. The number of hydrazine groups is 1. The van der Waals surface area contributed by atoms with Crippen molar-refractivity contribution in [1.29, 1.82) is 0 Å². The maximum Gasteiger partial charge on any atom is 0.128 e. The zero-order chi connectivity index (χ0) is 14.0. The number of nitrogens with two attached hydrogens (primary N) is 1. The third-order valence-electron chi connectivity index (χ3n) is 3.80. The van der Waals surface area contributed by atoms with E-state index in [-0.39, 0.29) is 17.9 Å². The Morgan fingerprint density at radius 1 is 1.47 bits per heavy atom. The van der Waals surface area contributed by atoms with Gasteiger partial charge >= 0.3 is 0 Å². The average Bonchev–Trinajstić information content (AvgIpc) is 2.34. The molecule has 1 aromatic carbocycles. The molecule has 106 valence electrons. The molecule has 2 atom stereocenters. The van der Waals surface area contributed by atoms with Crippen LogP contribution in [0.25, 0.3) is 0 Å². The van der Waals surface area contributed by atoms with Crippen LogP contribution in [0.15, 0.2) is 12.1 Å². The quantitative estimate of drug-likeness (QED) is 0.657. The number of nitrogens with zero attached hydrogens (tertiary/aromatic N) is 1. The standard InChI is InChI=1S/C14H22FN3S/c1-9-6-10(2)13(11(15)7-9)14(17-16)12-8-19-5-4-18(12)3/h6-7,12,14,17H,4-5,8,16H2,1-3H3. The Morgan fingerprint density at radius 2 is 2.21 bits per heavy atom. The fourth-order valence-corrected chi connectivity index (χ4v) is 4.04. The molecule has 3 nitrogen and oxygen atoms in total. The van der Waals surface area contributed by atoms with E-state index in [1.807, 2.05) is 31.7 Å². The topological polar surface area (TPSA) is 41.3 Å². The number of likely N-dealkylation sites (N-methyl/N-ethyl adjacent to an activating group) is 1. The number of thioether (sulfide) groups is 1. The van der Waals surface area contributed by atoms with Crippen LogP contribution in [0, 0.1) is 19.7 Å². The molecule has 3 N–H and O–H groups in total. The molecule has 1 saturated heterocycles. The maximum atomic E-state index is 14.3. The van der Waals surface area contributed by atoms with Gasteiger partial charge in [0.1, 0.15) is 5.82 Å². The van der Waals surface area contributed by atoms with Gasteiger partial charge in [0, 0.05) is 29.7 Å². The Bertz CT molecular complexity index is 429. The lowest BCUT2D eigenvalue weighted by Crippen LogP contribution is -2.50. The molecule has 0 radical (unpaired) electrons. The van der Waals surface area contributed by atoms with E-state index in [9.17, 15) is 4.39 Å². The van der Waals surface area contributed by atoms with Crippen LogP contribution in [0.3, 0.4) is 0 Å².